The third-order valence-electron chi connectivity index (χ3n) is 4.73. The topological polar surface area (TPSA) is 65.5 Å². The van der Waals surface area contributed by atoms with Gasteiger partial charge in [0.05, 0.1) is 0 Å². The number of guanidine groups is 1. The minimum absolute atomic E-state index is 0.0829. The number of benzene rings is 1. The molecule has 1 fully saturated rings. The molecule has 1 aliphatic rings. The molecule has 1 aromatic rings. The SMILES string of the molecule is CCCNC(=O)CCNC(=NC)NCC1(c2ccccc2)CCC1. The lowest BCUT2D eigenvalue weighted by molar-refractivity contribution is -0.120. The molecule has 0 unspecified atom stereocenters. The van der Waals surface area contributed by atoms with Crippen LogP contribution in [0.1, 0.15) is 44.6 Å². The van der Waals surface area contributed by atoms with Crippen LogP contribution in [0.25, 0.3) is 0 Å². The van der Waals surface area contributed by atoms with Crippen LogP contribution < -0.4 is 16.0 Å². The molecule has 5 nitrogen and oxygen atoms in total. The maximum Gasteiger partial charge on any atom is 0.221 e. The highest BCUT2D eigenvalue weighted by atomic mass is 16.1. The molecule has 3 N–H and O–H groups in total. The fourth-order valence-electron chi connectivity index (χ4n) is 3.08. The molecule has 1 amide bonds. The van der Waals surface area contributed by atoms with Gasteiger partial charge >= 0.3 is 0 Å². The maximum atomic E-state index is 11.6. The number of carbonyl (C=O) groups excluding carboxylic acids is 1. The second kappa shape index (κ2) is 9.30. The lowest BCUT2D eigenvalue weighted by atomic mass is 9.64. The van der Waals surface area contributed by atoms with Crippen molar-refractivity contribution in [1.82, 2.24) is 16.0 Å². The maximum absolute atomic E-state index is 11.6. The first-order valence-electron chi connectivity index (χ1n) is 8.97. The number of aliphatic imine (C=N–C) groups is 1. The summed E-state index contributed by atoms with van der Waals surface area (Å²) in [5, 5.41) is 9.54. The average molecular weight is 330 g/mol. The predicted octanol–water partition coefficient (Wildman–Crippen LogP) is 2.19. The fraction of sp³-hybridized carbons (Fsp3) is 0.579. The molecule has 0 saturated heterocycles. The minimum atomic E-state index is 0.0829. The standard InChI is InChI=1S/C19H30N4O/c1-3-13-21-17(24)10-14-22-18(20-2)23-15-19(11-7-12-19)16-8-5-4-6-9-16/h4-6,8-9H,3,7,10-15H2,1-2H3,(H,21,24)(H2,20,22,23). The highest BCUT2D eigenvalue weighted by molar-refractivity contribution is 5.81. The van der Waals surface area contributed by atoms with Gasteiger partial charge in [-0.25, -0.2) is 0 Å². The smallest absolute Gasteiger partial charge is 0.221 e. The molecule has 0 radical (unpaired) electrons. The van der Waals surface area contributed by atoms with E-state index in [1.807, 2.05) is 6.92 Å². The average Bonchev–Trinajstić information content (AvgIpc) is 2.58. The van der Waals surface area contributed by atoms with Gasteiger partial charge in [-0.3, -0.25) is 9.79 Å². The molecule has 0 spiro atoms. The van der Waals surface area contributed by atoms with Crippen LogP contribution in [0.5, 0.6) is 0 Å². The summed E-state index contributed by atoms with van der Waals surface area (Å²) in [7, 11) is 1.77. The van der Waals surface area contributed by atoms with E-state index in [2.05, 4.69) is 51.3 Å². The Bertz CT molecular complexity index is 538. The van der Waals surface area contributed by atoms with E-state index in [9.17, 15) is 4.79 Å². The van der Waals surface area contributed by atoms with Crippen molar-refractivity contribution >= 4 is 11.9 Å². The molecule has 132 valence electrons. The highest BCUT2D eigenvalue weighted by Gasteiger charge is 2.38. The van der Waals surface area contributed by atoms with Crippen LogP contribution in [0.2, 0.25) is 0 Å². The Morgan fingerprint density at radius 2 is 1.88 bits per heavy atom. The number of hydrogen-bond acceptors (Lipinski definition) is 2. The molecule has 0 aliphatic heterocycles. The number of carbonyl (C=O) groups is 1. The summed E-state index contributed by atoms with van der Waals surface area (Å²) in [5.41, 5.74) is 1.62. The van der Waals surface area contributed by atoms with Gasteiger partial charge in [0.2, 0.25) is 5.91 Å². The Labute approximate surface area is 145 Å². The Hall–Kier alpha value is -2.04. The van der Waals surface area contributed by atoms with Gasteiger partial charge < -0.3 is 16.0 Å². The quantitative estimate of drug-likeness (QED) is 0.506. The fourth-order valence-corrected chi connectivity index (χ4v) is 3.08. The Kier molecular flexibility index (Phi) is 7.09. The van der Waals surface area contributed by atoms with E-state index < -0.39 is 0 Å². The molecular weight excluding hydrogens is 300 g/mol. The first kappa shape index (κ1) is 18.3. The van der Waals surface area contributed by atoms with Crippen LogP contribution in [0.15, 0.2) is 35.3 Å². The van der Waals surface area contributed by atoms with Gasteiger partial charge in [0.1, 0.15) is 0 Å². The summed E-state index contributed by atoms with van der Waals surface area (Å²) < 4.78 is 0. The molecule has 1 saturated carbocycles. The molecule has 0 aromatic heterocycles. The van der Waals surface area contributed by atoms with Crippen molar-refractivity contribution in [1.29, 1.82) is 0 Å². The molecular formula is C19H30N4O. The second-order valence-electron chi connectivity index (χ2n) is 6.45. The van der Waals surface area contributed by atoms with E-state index in [4.69, 9.17) is 0 Å². The molecule has 1 aliphatic carbocycles. The van der Waals surface area contributed by atoms with E-state index in [0.717, 1.165) is 25.5 Å². The van der Waals surface area contributed by atoms with Crippen LogP contribution >= 0.6 is 0 Å². The zero-order valence-electron chi connectivity index (χ0n) is 14.9. The van der Waals surface area contributed by atoms with E-state index in [1.165, 1.54) is 24.8 Å². The summed E-state index contributed by atoms with van der Waals surface area (Å²) in [6.07, 6.45) is 5.12. The summed E-state index contributed by atoms with van der Waals surface area (Å²) in [4.78, 5) is 15.9. The van der Waals surface area contributed by atoms with Crippen molar-refractivity contribution in [3.63, 3.8) is 0 Å². The number of nitrogens with zero attached hydrogens (tertiary/aromatic N) is 1. The number of nitrogens with one attached hydrogen (secondary N) is 3. The minimum Gasteiger partial charge on any atom is -0.356 e. The normalized spacial score (nSPS) is 16.2. The van der Waals surface area contributed by atoms with Crippen molar-refractivity contribution in [2.24, 2.45) is 4.99 Å². The first-order chi connectivity index (χ1) is 11.7. The Morgan fingerprint density at radius 1 is 1.12 bits per heavy atom. The van der Waals surface area contributed by atoms with Crippen LogP contribution in [-0.4, -0.2) is 38.5 Å². The van der Waals surface area contributed by atoms with Gasteiger partial charge in [0, 0.05) is 38.5 Å². The van der Waals surface area contributed by atoms with Crippen LogP contribution in [0, 0.1) is 0 Å². The number of amides is 1. The molecule has 0 atom stereocenters. The lowest BCUT2D eigenvalue weighted by Crippen LogP contribution is -2.49. The van der Waals surface area contributed by atoms with Crippen molar-refractivity contribution < 1.29 is 4.79 Å². The Balaban J connectivity index is 1.78. The van der Waals surface area contributed by atoms with Gasteiger partial charge in [-0.15, -0.1) is 0 Å². The van der Waals surface area contributed by atoms with E-state index in [0.29, 0.717) is 13.0 Å². The van der Waals surface area contributed by atoms with Crippen molar-refractivity contribution in [2.45, 2.75) is 44.4 Å². The van der Waals surface area contributed by atoms with Crippen molar-refractivity contribution in [3.05, 3.63) is 35.9 Å². The lowest BCUT2D eigenvalue weighted by Gasteiger charge is -2.43. The third kappa shape index (κ3) is 4.98. The largest absolute Gasteiger partial charge is 0.356 e. The Morgan fingerprint density at radius 3 is 2.46 bits per heavy atom. The first-order valence-corrected chi connectivity index (χ1v) is 8.97. The summed E-state index contributed by atoms with van der Waals surface area (Å²) >= 11 is 0. The molecule has 5 heteroatoms. The highest BCUT2D eigenvalue weighted by Crippen LogP contribution is 2.43. The summed E-state index contributed by atoms with van der Waals surface area (Å²) in [6, 6.07) is 10.7. The summed E-state index contributed by atoms with van der Waals surface area (Å²) in [5.74, 6) is 0.847. The molecule has 2 rings (SSSR count). The van der Waals surface area contributed by atoms with Crippen molar-refractivity contribution in [3.8, 4) is 0 Å². The third-order valence-corrected chi connectivity index (χ3v) is 4.73. The monoisotopic (exact) mass is 330 g/mol. The molecule has 24 heavy (non-hydrogen) atoms. The zero-order valence-corrected chi connectivity index (χ0v) is 14.9. The number of rotatable bonds is 8. The van der Waals surface area contributed by atoms with E-state index >= 15 is 0 Å². The molecule has 0 heterocycles. The summed E-state index contributed by atoms with van der Waals surface area (Å²) in [6.45, 7) is 4.25. The van der Waals surface area contributed by atoms with Crippen LogP contribution in [0.4, 0.5) is 0 Å². The van der Waals surface area contributed by atoms with Gasteiger partial charge in [-0.1, -0.05) is 43.7 Å². The van der Waals surface area contributed by atoms with Crippen molar-refractivity contribution in [2.75, 3.05) is 26.7 Å². The second-order valence-corrected chi connectivity index (χ2v) is 6.45. The molecule has 0 bridgehead atoms. The predicted molar refractivity (Wildman–Crippen MR) is 99.3 cm³/mol. The molecule has 1 aromatic carbocycles. The van der Waals surface area contributed by atoms with Gasteiger partial charge in [-0.2, -0.15) is 0 Å². The van der Waals surface area contributed by atoms with Gasteiger partial charge in [-0.05, 0) is 24.8 Å². The zero-order chi connectivity index (χ0) is 17.3. The van der Waals surface area contributed by atoms with Gasteiger partial charge in [0.25, 0.3) is 0 Å². The van der Waals surface area contributed by atoms with Gasteiger partial charge in [0.15, 0.2) is 5.96 Å². The van der Waals surface area contributed by atoms with E-state index in [1.54, 1.807) is 7.05 Å². The van der Waals surface area contributed by atoms with Crippen LogP contribution in [-0.2, 0) is 10.2 Å². The van der Waals surface area contributed by atoms with E-state index in [-0.39, 0.29) is 11.3 Å². The number of hydrogen-bond donors (Lipinski definition) is 3. The van der Waals surface area contributed by atoms with Crippen LogP contribution in [0.3, 0.4) is 0 Å².